The number of hydrogen-bond donors (Lipinski definition) is 2. The minimum Gasteiger partial charge on any atom is -0.354 e. The Balaban J connectivity index is 1.71. The molecule has 0 aromatic carbocycles. The molecule has 7 heteroatoms. The van der Waals surface area contributed by atoms with Crippen molar-refractivity contribution in [3.05, 3.63) is 12.2 Å². The monoisotopic (exact) mass is 307 g/mol. The first-order chi connectivity index (χ1) is 10.7. The topological polar surface area (TPSA) is 70.4 Å². The summed E-state index contributed by atoms with van der Waals surface area (Å²) in [5, 5.41) is 10.9. The average molecular weight is 307 g/mol. The lowest BCUT2D eigenvalue weighted by molar-refractivity contribution is 0.203. The van der Waals surface area contributed by atoms with Crippen LogP contribution in [0.25, 0.3) is 0 Å². The van der Waals surface area contributed by atoms with Gasteiger partial charge in [0, 0.05) is 33.2 Å². The van der Waals surface area contributed by atoms with Crippen LogP contribution in [0.5, 0.6) is 0 Å². The number of hydrogen-bond acceptors (Lipinski definition) is 4. The van der Waals surface area contributed by atoms with E-state index in [9.17, 15) is 0 Å². The molecule has 1 aromatic rings. The molecule has 22 heavy (non-hydrogen) atoms. The summed E-state index contributed by atoms with van der Waals surface area (Å²) in [7, 11) is 3.70. The van der Waals surface area contributed by atoms with Crippen LogP contribution in [0.4, 0.5) is 0 Å². The molecule has 7 nitrogen and oxygen atoms in total. The molecular weight excluding hydrogens is 278 g/mol. The zero-order valence-corrected chi connectivity index (χ0v) is 14.0. The highest BCUT2D eigenvalue weighted by Crippen LogP contribution is 2.11. The van der Waals surface area contributed by atoms with Crippen molar-refractivity contribution in [1.82, 2.24) is 30.3 Å². The summed E-state index contributed by atoms with van der Waals surface area (Å²) in [6.45, 7) is 6.48. The lowest BCUT2D eigenvalue weighted by atomic mass is 10.0. The smallest absolute Gasteiger partial charge is 0.191 e. The Bertz CT molecular complexity index is 460. The van der Waals surface area contributed by atoms with Crippen LogP contribution in [-0.2, 0) is 13.6 Å². The maximum atomic E-state index is 4.30. The summed E-state index contributed by atoms with van der Waals surface area (Å²) in [5.41, 5.74) is 0. The van der Waals surface area contributed by atoms with Crippen molar-refractivity contribution in [1.29, 1.82) is 0 Å². The number of nitrogens with one attached hydrogen (secondary N) is 2. The first-order valence-corrected chi connectivity index (χ1v) is 8.25. The SMILES string of the molecule is CCCCN1CCC(NC(=NC)NCc2ncnn2C)CC1. The van der Waals surface area contributed by atoms with Crippen molar-refractivity contribution in [3.63, 3.8) is 0 Å². The van der Waals surface area contributed by atoms with Gasteiger partial charge in [-0.05, 0) is 25.8 Å². The highest BCUT2D eigenvalue weighted by molar-refractivity contribution is 5.79. The number of piperidine rings is 1. The van der Waals surface area contributed by atoms with Gasteiger partial charge in [-0.1, -0.05) is 13.3 Å². The standard InChI is InChI=1S/C15H29N7/c1-4-5-8-22-9-6-13(7-10-22)20-15(16-2)17-11-14-18-12-19-21(14)3/h12-13H,4-11H2,1-3H3,(H2,16,17,20). The number of aromatic nitrogens is 3. The van der Waals surface area contributed by atoms with Crippen LogP contribution in [0.15, 0.2) is 11.3 Å². The van der Waals surface area contributed by atoms with Crippen LogP contribution >= 0.6 is 0 Å². The zero-order valence-electron chi connectivity index (χ0n) is 14.0. The van der Waals surface area contributed by atoms with E-state index in [0.717, 1.165) is 11.8 Å². The molecule has 1 aromatic heterocycles. The number of aryl methyl sites for hydroxylation is 1. The van der Waals surface area contributed by atoms with Gasteiger partial charge in [-0.25, -0.2) is 4.98 Å². The maximum Gasteiger partial charge on any atom is 0.191 e. The molecule has 0 saturated carbocycles. The third-order valence-corrected chi connectivity index (χ3v) is 4.20. The Kier molecular flexibility index (Phi) is 6.64. The second-order valence-electron chi connectivity index (χ2n) is 5.84. The van der Waals surface area contributed by atoms with E-state index in [1.165, 1.54) is 45.3 Å². The van der Waals surface area contributed by atoms with Crippen LogP contribution in [0, 0.1) is 0 Å². The summed E-state index contributed by atoms with van der Waals surface area (Å²) in [6.07, 6.45) is 6.50. The van der Waals surface area contributed by atoms with Gasteiger partial charge < -0.3 is 15.5 Å². The van der Waals surface area contributed by atoms with Gasteiger partial charge in [0.1, 0.15) is 12.2 Å². The third kappa shape index (κ3) is 4.98. The number of guanidine groups is 1. The summed E-state index contributed by atoms with van der Waals surface area (Å²) in [5.74, 6) is 1.74. The zero-order chi connectivity index (χ0) is 15.8. The van der Waals surface area contributed by atoms with Crippen LogP contribution in [-0.4, -0.2) is 58.3 Å². The molecule has 1 saturated heterocycles. The molecule has 1 aliphatic heterocycles. The Morgan fingerprint density at radius 3 is 2.77 bits per heavy atom. The first-order valence-electron chi connectivity index (χ1n) is 8.25. The summed E-state index contributed by atoms with van der Waals surface area (Å²) < 4.78 is 1.77. The summed E-state index contributed by atoms with van der Waals surface area (Å²) >= 11 is 0. The molecule has 0 spiro atoms. The van der Waals surface area contributed by atoms with Crippen molar-refractivity contribution in [3.8, 4) is 0 Å². The van der Waals surface area contributed by atoms with Gasteiger partial charge in [0.05, 0.1) is 6.54 Å². The van der Waals surface area contributed by atoms with E-state index in [0.29, 0.717) is 12.6 Å². The van der Waals surface area contributed by atoms with Gasteiger partial charge in [-0.15, -0.1) is 0 Å². The number of unbranched alkanes of at least 4 members (excludes halogenated alkanes) is 1. The van der Waals surface area contributed by atoms with Crippen molar-refractivity contribution >= 4 is 5.96 Å². The minimum atomic E-state index is 0.503. The van der Waals surface area contributed by atoms with Crippen LogP contribution < -0.4 is 10.6 Å². The molecular formula is C15H29N7. The first kappa shape index (κ1) is 16.7. The largest absolute Gasteiger partial charge is 0.354 e. The van der Waals surface area contributed by atoms with Crippen LogP contribution in [0.1, 0.15) is 38.4 Å². The predicted molar refractivity (Wildman–Crippen MR) is 88.7 cm³/mol. The fourth-order valence-corrected chi connectivity index (χ4v) is 2.71. The van der Waals surface area contributed by atoms with Gasteiger partial charge in [0.15, 0.2) is 5.96 Å². The lowest BCUT2D eigenvalue weighted by Crippen LogP contribution is -2.48. The number of rotatable bonds is 6. The second kappa shape index (κ2) is 8.73. The molecule has 2 heterocycles. The van der Waals surface area contributed by atoms with Crippen molar-refractivity contribution in [2.24, 2.45) is 12.0 Å². The van der Waals surface area contributed by atoms with Crippen molar-refractivity contribution in [2.75, 3.05) is 26.7 Å². The van der Waals surface area contributed by atoms with Gasteiger partial charge in [-0.2, -0.15) is 5.10 Å². The molecule has 0 aliphatic carbocycles. The fourth-order valence-electron chi connectivity index (χ4n) is 2.71. The van der Waals surface area contributed by atoms with Crippen molar-refractivity contribution in [2.45, 2.75) is 45.2 Å². The van der Waals surface area contributed by atoms with E-state index in [-0.39, 0.29) is 0 Å². The molecule has 0 unspecified atom stereocenters. The molecule has 0 bridgehead atoms. The summed E-state index contributed by atoms with van der Waals surface area (Å²) in [4.78, 5) is 11.1. The fraction of sp³-hybridized carbons (Fsp3) is 0.800. The highest BCUT2D eigenvalue weighted by atomic mass is 15.3. The van der Waals surface area contributed by atoms with E-state index >= 15 is 0 Å². The van der Waals surface area contributed by atoms with Crippen molar-refractivity contribution < 1.29 is 0 Å². The Labute approximate surface area is 133 Å². The molecule has 2 rings (SSSR count). The highest BCUT2D eigenvalue weighted by Gasteiger charge is 2.19. The van der Waals surface area contributed by atoms with E-state index in [1.54, 1.807) is 11.0 Å². The van der Waals surface area contributed by atoms with E-state index in [4.69, 9.17) is 0 Å². The molecule has 124 valence electrons. The van der Waals surface area contributed by atoms with Crippen LogP contribution in [0.2, 0.25) is 0 Å². The quantitative estimate of drug-likeness (QED) is 0.599. The molecule has 1 fully saturated rings. The van der Waals surface area contributed by atoms with Crippen LogP contribution in [0.3, 0.4) is 0 Å². The lowest BCUT2D eigenvalue weighted by Gasteiger charge is -2.33. The van der Waals surface area contributed by atoms with E-state index in [2.05, 4.69) is 37.5 Å². The summed E-state index contributed by atoms with van der Waals surface area (Å²) in [6, 6.07) is 0.503. The molecule has 0 atom stereocenters. The van der Waals surface area contributed by atoms with Gasteiger partial charge in [0.2, 0.25) is 0 Å². The molecule has 1 aliphatic rings. The Morgan fingerprint density at radius 1 is 1.41 bits per heavy atom. The molecule has 0 amide bonds. The van der Waals surface area contributed by atoms with Gasteiger partial charge >= 0.3 is 0 Å². The second-order valence-corrected chi connectivity index (χ2v) is 5.84. The van der Waals surface area contributed by atoms with E-state index < -0.39 is 0 Å². The minimum absolute atomic E-state index is 0.503. The Hall–Kier alpha value is -1.63. The molecule has 0 radical (unpaired) electrons. The van der Waals surface area contributed by atoms with E-state index in [1.807, 2.05) is 14.1 Å². The Morgan fingerprint density at radius 2 is 2.18 bits per heavy atom. The normalized spacial score (nSPS) is 17.7. The molecule has 2 N–H and O–H groups in total. The third-order valence-electron chi connectivity index (χ3n) is 4.20. The predicted octanol–water partition coefficient (Wildman–Crippen LogP) is 0.745. The number of aliphatic imine (C=N–C) groups is 1. The van der Waals surface area contributed by atoms with Gasteiger partial charge in [0.25, 0.3) is 0 Å². The maximum absolute atomic E-state index is 4.30. The van der Waals surface area contributed by atoms with Gasteiger partial charge in [-0.3, -0.25) is 9.67 Å². The number of likely N-dealkylation sites (tertiary alicyclic amines) is 1. The average Bonchev–Trinajstić information content (AvgIpc) is 2.95. The number of nitrogens with zero attached hydrogens (tertiary/aromatic N) is 5.